The van der Waals surface area contributed by atoms with Gasteiger partial charge in [0.25, 0.3) is 0 Å². The molecule has 0 saturated carbocycles. The van der Waals surface area contributed by atoms with E-state index in [2.05, 4.69) is 80.5 Å². The molecule has 0 atom stereocenters. The van der Waals surface area contributed by atoms with Crippen molar-refractivity contribution in [3.63, 3.8) is 0 Å². The molecule has 0 fully saturated rings. The van der Waals surface area contributed by atoms with Crippen LogP contribution in [0.25, 0.3) is 5.57 Å². The quantitative estimate of drug-likeness (QED) is 0.351. The monoisotopic (exact) mass is 424 g/mol. The topological polar surface area (TPSA) is 47.9 Å². The molecule has 1 aromatic carbocycles. The first kappa shape index (κ1) is 26.4. The first-order chi connectivity index (χ1) is 15.1. The largest absolute Gasteiger partial charge is 0.333 e. The van der Waals surface area contributed by atoms with Crippen LogP contribution in [0.5, 0.6) is 0 Å². The predicted octanol–water partition coefficient (Wildman–Crippen LogP) is 5.59. The van der Waals surface area contributed by atoms with Crippen LogP contribution in [0.3, 0.4) is 0 Å². The summed E-state index contributed by atoms with van der Waals surface area (Å²) in [6.07, 6.45) is 9.81. The molecule has 5 nitrogen and oxygen atoms in total. The van der Waals surface area contributed by atoms with E-state index in [0.717, 1.165) is 44.0 Å². The van der Waals surface area contributed by atoms with Gasteiger partial charge in [-0.05, 0) is 68.6 Å². The summed E-state index contributed by atoms with van der Waals surface area (Å²) in [6.45, 7) is 16.4. The summed E-state index contributed by atoms with van der Waals surface area (Å²) in [5.74, 6) is 1.07. The summed E-state index contributed by atoms with van der Waals surface area (Å²) in [4.78, 5) is 20.0. The summed E-state index contributed by atoms with van der Waals surface area (Å²) in [6, 6.07) is 8.00. The maximum atomic E-state index is 10.6. The smallest absolute Gasteiger partial charge is 0.211 e. The third kappa shape index (κ3) is 9.35. The number of aliphatic imine (C=N–C) groups is 1. The number of anilines is 1. The number of carbonyl (C=O) groups is 1. The van der Waals surface area contributed by atoms with Gasteiger partial charge in [-0.15, -0.1) is 13.2 Å². The van der Waals surface area contributed by atoms with E-state index in [0.29, 0.717) is 6.41 Å². The molecule has 0 saturated heterocycles. The average Bonchev–Trinajstić information content (AvgIpc) is 2.80. The second-order valence-corrected chi connectivity index (χ2v) is 7.63. The fraction of sp³-hybridized carbons (Fsp3) is 0.462. The van der Waals surface area contributed by atoms with E-state index in [9.17, 15) is 4.79 Å². The molecular weight excluding hydrogens is 384 g/mol. The van der Waals surface area contributed by atoms with Crippen LogP contribution in [0.4, 0.5) is 5.69 Å². The number of nitrogens with zero attached hydrogens (tertiary/aromatic N) is 3. The van der Waals surface area contributed by atoms with E-state index in [1.165, 1.54) is 36.1 Å². The van der Waals surface area contributed by atoms with Crippen LogP contribution in [0.15, 0.2) is 60.3 Å². The SMILES string of the molecule is C=C.CCCCN(C)CCC1=CN(C/C=C(\CC)c2ccc(NC=O)cc2)C(C)=NC1. The summed E-state index contributed by atoms with van der Waals surface area (Å²) in [5.41, 5.74) is 4.71. The summed E-state index contributed by atoms with van der Waals surface area (Å²) in [5, 5.41) is 2.68. The molecular formula is C26H40N4O. The first-order valence-electron chi connectivity index (χ1n) is 11.2. The van der Waals surface area contributed by atoms with Crippen molar-refractivity contribution >= 4 is 23.5 Å². The van der Waals surface area contributed by atoms with Crippen LogP contribution in [0.2, 0.25) is 0 Å². The number of amidine groups is 1. The standard InChI is InChI=1S/C24H36N4O.C2H4/c1-5-7-14-27(4)15-12-21-17-25-20(3)28(18-21)16-13-22(6-2)23-8-10-24(11-9-23)26-19-29;1-2/h8-11,13,18-19H,5-7,12,14-17H2,1-4H3,(H,26,29);1-2H2/b22-13+;. The molecule has 1 N–H and O–H groups in total. The summed E-state index contributed by atoms with van der Waals surface area (Å²) < 4.78 is 0. The van der Waals surface area contributed by atoms with Crippen molar-refractivity contribution < 1.29 is 4.79 Å². The number of unbranched alkanes of at least 4 members (excludes halogenated alkanes) is 1. The fourth-order valence-corrected chi connectivity index (χ4v) is 3.39. The van der Waals surface area contributed by atoms with Gasteiger partial charge in [0.1, 0.15) is 5.84 Å². The molecule has 0 aromatic heterocycles. The van der Waals surface area contributed by atoms with E-state index in [1.54, 1.807) is 0 Å². The van der Waals surface area contributed by atoms with Crippen LogP contribution in [0, 0.1) is 0 Å². The van der Waals surface area contributed by atoms with Crippen molar-refractivity contribution in [2.24, 2.45) is 4.99 Å². The molecule has 5 heteroatoms. The second-order valence-electron chi connectivity index (χ2n) is 7.63. The van der Waals surface area contributed by atoms with Crippen molar-refractivity contribution in [3.05, 3.63) is 60.8 Å². The van der Waals surface area contributed by atoms with E-state index >= 15 is 0 Å². The minimum atomic E-state index is 0.704. The molecule has 31 heavy (non-hydrogen) atoms. The van der Waals surface area contributed by atoms with Crippen molar-refractivity contribution in [3.8, 4) is 0 Å². The molecule has 1 heterocycles. The Balaban J connectivity index is 0.00000233. The third-order valence-corrected chi connectivity index (χ3v) is 5.37. The third-order valence-electron chi connectivity index (χ3n) is 5.37. The lowest BCUT2D eigenvalue weighted by Gasteiger charge is -2.26. The molecule has 170 valence electrons. The Morgan fingerprint density at radius 2 is 1.94 bits per heavy atom. The molecule has 0 bridgehead atoms. The molecule has 0 aliphatic carbocycles. The molecule has 0 unspecified atom stereocenters. The maximum Gasteiger partial charge on any atom is 0.211 e. The lowest BCUT2D eigenvalue weighted by Crippen LogP contribution is -2.29. The van der Waals surface area contributed by atoms with Gasteiger partial charge in [0.05, 0.1) is 6.54 Å². The van der Waals surface area contributed by atoms with Crippen molar-refractivity contribution in [1.29, 1.82) is 0 Å². The Morgan fingerprint density at radius 3 is 2.55 bits per heavy atom. The van der Waals surface area contributed by atoms with Crippen LogP contribution in [-0.2, 0) is 4.79 Å². The zero-order valence-electron chi connectivity index (χ0n) is 19.9. The van der Waals surface area contributed by atoms with Gasteiger partial charge >= 0.3 is 0 Å². The van der Waals surface area contributed by atoms with Gasteiger partial charge in [0.2, 0.25) is 6.41 Å². The van der Waals surface area contributed by atoms with Crippen LogP contribution >= 0.6 is 0 Å². The van der Waals surface area contributed by atoms with Gasteiger partial charge in [-0.1, -0.05) is 38.5 Å². The van der Waals surface area contributed by atoms with E-state index in [-0.39, 0.29) is 0 Å². The second kappa shape index (κ2) is 15.2. The fourth-order valence-electron chi connectivity index (χ4n) is 3.39. The highest BCUT2D eigenvalue weighted by Crippen LogP contribution is 2.21. The minimum absolute atomic E-state index is 0.704. The molecule has 1 aromatic rings. The summed E-state index contributed by atoms with van der Waals surface area (Å²) in [7, 11) is 2.21. The molecule has 1 aliphatic heterocycles. The highest BCUT2D eigenvalue weighted by atomic mass is 16.1. The van der Waals surface area contributed by atoms with Crippen LogP contribution in [0.1, 0.15) is 52.0 Å². The van der Waals surface area contributed by atoms with Crippen LogP contribution in [-0.4, -0.2) is 55.3 Å². The average molecular weight is 425 g/mol. The van der Waals surface area contributed by atoms with Gasteiger partial charge in [-0.3, -0.25) is 9.79 Å². The van der Waals surface area contributed by atoms with Crippen molar-refractivity contribution in [2.75, 3.05) is 38.5 Å². The first-order valence-corrected chi connectivity index (χ1v) is 11.2. The Bertz CT molecular complexity index is 749. The van der Waals surface area contributed by atoms with Crippen LogP contribution < -0.4 is 5.32 Å². The number of hydrogen-bond acceptors (Lipinski definition) is 4. The Morgan fingerprint density at radius 1 is 1.23 bits per heavy atom. The predicted molar refractivity (Wildman–Crippen MR) is 135 cm³/mol. The number of amides is 1. The Labute approximate surface area is 189 Å². The molecule has 2 rings (SSSR count). The van der Waals surface area contributed by atoms with Gasteiger partial charge in [0, 0.05) is 25.0 Å². The van der Waals surface area contributed by atoms with Gasteiger partial charge in [0.15, 0.2) is 0 Å². The highest BCUT2D eigenvalue weighted by Gasteiger charge is 2.12. The number of benzene rings is 1. The normalized spacial score (nSPS) is 13.8. The van der Waals surface area contributed by atoms with Crippen molar-refractivity contribution in [2.45, 2.75) is 46.5 Å². The number of hydrogen-bond donors (Lipinski definition) is 1. The molecule has 1 aliphatic rings. The zero-order chi connectivity index (χ0) is 23.1. The summed E-state index contributed by atoms with van der Waals surface area (Å²) >= 11 is 0. The van der Waals surface area contributed by atoms with E-state index in [1.807, 2.05) is 12.1 Å². The number of carbonyl (C=O) groups excluding carboxylic acids is 1. The van der Waals surface area contributed by atoms with Gasteiger partial charge in [-0.2, -0.15) is 0 Å². The number of allylic oxidation sites excluding steroid dienone is 1. The minimum Gasteiger partial charge on any atom is -0.333 e. The Hall–Kier alpha value is -2.66. The maximum absolute atomic E-state index is 10.6. The van der Waals surface area contributed by atoms with Crippen molar-refractivity contribution in [1.82, 2.24) is 9.80 Å². The van der Waals surface area contributed by atoms with E-state index in [4.69, 9.17) is 4.99 Å². The molecule has 1 amide bonds. The lowest BCUT2D eigenvalue weighted by atomic mass is 10.0. The van der Waals surface area contributed by atoms with E-state index < -0.39 is 0 Å². The molecule has 0 spiro atoms. The zero-order valence-corrected chi connectivity index (χ0v) is 19.9. The Kier molecular flexibility index (Phi) is 12.9. The highest BCUT2D eigenvalue weighted by molar-refractivity contribution is 5.82. The van der Waals surface area contributed by atoms with Gasteiger partial charge in [-0.25, -0.2) is 0 Å². The lowest BCUT2D eigenvalue weighted by molar-refractivity contribution is -0.105. The number of nitrogens with one attached hydrogen (secondary N) is 1. The van der Waals surface area contributed by atoms with Gasteiger partial charge < -0.3 is 15.1 Å². The molecule has 0 radical (unpaired) electrons. The number of rotatable bonds is 12.